The quantitative estimate of drug-likeness (QED) is 0.881. The average Bonchev–Trinajstić information content (AvgIpc) is 2.87. The number of hydrogen-bond donors (Lipinski definition) is 2. The Morgan fingerprint density at radius 3 is 2.44 bits per heavy atom. The van der Waals surface area contributed by atoms with Gasteiger partial charge in [-0.2, -0.15) is 5.10 Å². The molecule has 2 N–H and O–H groups in total. The summed E-state index contributed by atoms with van der Waals surface area (Å²) in [5.74, 6) is -0.618. The third kappa shape index (κ3) is 4.50. The van der Waals surface area contributed by atoms with E-state index < -0.39 is 17.7 Å². The molecule has 0 aliphatic heterocycles. The van der Waals surface area contributed by atoms with Crippen molar-refractivity contribution in [1.29, 1.82) is 0 Å². The number of benzene rings is 1. The topological polar surface area (TPSA) is 103 Å². The number of aromatic nitrogens is 2. The summed E-state index contributed by atoms with van der Waals surface area (Å²) in [6.45, 7) is 5.33. The minimum Gasteiger partial charge on any atom is -0.496 e. The van der Waals surface area contributed by atoms with Crippen molar-refractivity contribution in [2.24, 2.45) is 7.05 Å². The molecule has 0 bridgehead atoms. The van der Waals surface area contributed by atoms with Crippen LogP contribution in [0.4, 0.5) is 10.5 Å². The molecule has 1 heterocycles. The number of aromatic carboxylic acids is 1. The van der Waals surface area contributed by atoms with E-state index in [0.29, 0.717) is 22.7 Å². The molecule has 8 heteroatoms. The number of anilines is 1. The van der Waals surface area contributed by atoms with Gasteiger partial charge in [0.15, 0.2) is 0 Å². The molecule has 25 heavy (non-hydrogen) atoms. The molecule has 0 saturated carbocycles. The highest BCUT2D eigenvalue weighted by Crippen LogP contribution is 2.32. The number of nitrogens with one attached hydrogen (secondary N) is 1. The van der Waals surface area contributed by atoms with E-state index in [1.807, 2.05) is 0 Å². The van der Waals surface area contributed by atoms with Crippen molar-refractivity contribution in [2.75, 3.05) is 12.4 Å². The predicted molar refractivity (Wildman–Crippen MR) is 92.0 cm³/mol. The molecule has 1 aromatic carbocycles. The van der Waals surface area contributed by atoms with Crippen LogP contribution in [0.1, 0.15) is 31.3 Å². The number of rotatable bonds is 4. The Morgan fingerprint density at radius 2 is 1.92 bits per heavy atom. The molecule has 1 aromatic heterocycles. The molecule has 0 aliphatic rings. The average molecular weight is 347 g/mol. The van der Waals surface area contributed by atoms with E-state index in [-0.39, 0.29) is 5.69 Å². The number of carboxylic acids is 1. The summed E-state index contributed by atoms with van der Waals surface area (Å²) in [5, 5.41) is 16.0. The molecule has 134 valence electrons. The fourth-order valence-electron chi connectivity index (χ4n) is 2.20. The number of carbonyl (C=O) groups is 2. The van der Waals surface area contributed by atoms with Gasteiger partial charge in [-0.3, -0.25) is 10.00 Å². The zero-order valence-corrected chi connectivity index (χ0v) is 14.8. The number of ether oxygens (including phenoxy) is 2. The van der Waals surface area contributed by atoms with Crippen LogP contribution >= 0.6 is 0 Å². The van der Waals surface area contributed by atoms with Crippen molar-refractivity contribution in [2.45, 2.75) is 26.4 Å². The third-order valence-corrected chi connectivity index (χ3v) is 3.22. The van der Waals surface area contributed by atoms with E-state index >= 15 is 0 Å². The van der Waals surface area contributed by atoms with Crippen LogP contribution in [0, 0.1) is 0 Å². The lowest BCUT2D eigenvalue weighted by Crippen LogP contribution is -2.27. The highest BCUT2D eigenvalue weighted by molar-refractivity contribution is 5.89. The maximum Gasteiger partial charge on any atom is 0.412 e. The summed E-state index contributed by atoms with van der Waals surface area (Å²) in [6.07, 6.45) is -0.576. The van der Waals surface area contributed by atoms with Crippen molar-refractivity contribution in [3.05, 3.63) is 30.0 Å². The van der Waals surface area contributed by atoms with Crippen molar-refractivity contribution in [3.8, 4) is 17.0 Å². The predicted octanol–water partition coefficient (Wildman–Crippen LogP) is 3.14. The first-order valence-electron chi connectivity index (χ1n) is 7.56. The maximum absolute atomic E-state index is 11.9. The molecule has 2 rings (SSSR count). The Balaban J connectivity index is 2.29. The highest BCUT2D eigenvalue weighted by Gasteiger charge is 2.18. The number of carbonyl (C=O) groups excluding carboxylic acids is 1. The molecule has 0 fully saturated rings. The Bertz CT molecular complexity index is 805. The van der Waals surface area contributed by atoms with Crippen LogP contribution in [0.15, 0.2) is 24.3 Å². The second kappa shape index (κ2) is 6.84. The normalized spacial score (nSPS) is 11.1. The molecule has 0 aliphatic carbocycles. The lowest BCUT2D eigenvalue weighted by molar-refractivity contribution is 0.0633. The van der Waals surface area contributed by atoms with Gasteiger partial charge in [-0.05, 0) is 39.0 Å². The third-order valence-electron chi connectivity index (χ3n) is 3.22. The van der Waals surface area contributed by atoms with Crippen molar-refractivity contribution in [3.63, 3.8) is 0 Å². The minimum absolute atomic E-state index is 0.0630. The molecule has 0 atom stereocenters. The number of hydrogen-bond acceptors (Lipinski definition) is 5. The zero-order valence-electron chi connectivity index (χ0n) is 14.8. The van der Waals surface area contributed by atoms with Gasteiger partial charge in [0, 0.05) is 24.4 Å². The molecule has 1 amide bonds. The fourth-order valence-corrected chi connectivity index (χ4v) is 2.20. The van der Waals surface area contributed by atoms with Gasteiger partial charge in [0.1, 0.15) is 17.0 Å². The van der Waals surface area contributed by atoms with Gasteiger partial charge in [-0.15, -0.1) is 0 Å². The number of carboxylic acid groups (broad SMARTS) is 1. The van der Waals surface area contributed by atoms with Crippen LogP contribution in [0.3, 0.4) is 0 Å². The smallest absolute Gasteiger partial charge is 0.412 e. The first-order valence-corrected chi connectivity index (χ1v) is 7.56. The lowest BCUT2D eigenvalue weighted by atomic mass is 10.1. The Kier molecular flexibility index (Phi) is 5.01. The van der Waals surface area contributed by atoms with E-state index in [1.54, 1.807) is 46.0 Å². The van der Waals surface area contributed by atoms with E-state index in [1.165, 1.54) is 17.9 Å². The highest BCUT2D eigenvalue weighted by atomic mass is 16.6. The minimum atomic E-state index is -1.07. The van der Waals surface area contributed by atoms with Crippen molar-refractivity contribution in [1.82, 2.24) is 9.78 Å². The molecule has 0 spiro atoms. The Labute approximate surface area is 145 Å². The largest absolute Gasteiger partial charge is 0.496 e. The van der Waals surface area contributed by atoms with Gasteiger partial charge >= 0.3 is 12.1 Å². The van der Waals surface area contributed by atoms with E-state index in [4.69, 9.17) is 14.6 Å². The van der Waals surface area contributed by atoms with E-state index in [0.717, 1.165) is 0 Å². The van der Waals surface area contributed by atoms with Crippen LogP contribution in [0.25, 0.3) is 11.3 Å². The first-order chi connectivity index (χ1) is 11.6. The van der Waals surface area contributed by atoms with Crippen LogP contribution in [-0.2, 0) is 11.8 Å². The fraction of sp³-hybridized carbons (Fsp3) is 0.353. The first kappa shape index (κ1) is 18.3. The number of nitrogens with zero attached hydrogens (tertiary/aromatic N) is 2. The Morgan fingerprint density at radius 1 is 1.24 bits per heavy atom. The van der Waals surface area contributed by atoms with Gasteiger partial charge < -0.3 is 14.6 Å². The van der Waals surface area contributed by atoms with Crippen LogP contribution in [-0.4, -0.2) is 39.7 Å². The lowest BCUT2D eigenvalue weighted by Gasteiger charge is -2.20. The molecule has 8 nitrogen and oxygen atoms in total. The van der Waals surface area contributed by atoms with Gasteiger partial charge in [0.2, 0.25) is 0 Å². The van der Waals surface area contributed by atoms with Crippen LogP contribution in [0.2, 0.25) is 0 Å². The molecule has 0 saturated heterocycles. The summed E-state index contributed by atoms with van der Waals surface area (Å²) in [7, 11) is 3.04. The number of methoxy groups -OCH3 is 1. The Hall–Kier alpha value is -3.03. The van der Waals surface area contributed by atoms with Crippen LogP contribution < -0.4 is 10.1 Å². The molecular formula is C17H21N3O5. The monoisotopic (exact) mass is 347 g/mol. The number of amides is 1. The molecule has 2 aromatic rings. The standard InChI is InChI=1S/C17H21N3O5/c1-17(2,3)25-16(23)18-10-6-7-11(14(8-10)24-5)12-9-13(15(21)22)20(4)19-12/h6-9H,1-5H3,(H,18,23)(H,21,22). The maximum atomic E-state index is 11.9. The summed E-state index contributed by atoms with van der Waals surface area (Å²) in [5.41, 5.74) is 1.02. The van der Waals surface area contributed by atoms with Gasteiger partial charge in [-0.1, -0.05) is 0 Å². The molecule has 0 unspecified atom stereocenters. The van der Waals surface area contributed by atoms with Crippen molar-refractivity contribution >= 4 is 17.7 Å². The molecule has 0 radical (unpaired) electrons. The van der Waals surface area contributed by atoms with Gasteiger partial charge in [0.05, 0.1) is 12.8 Å². The van der Waals surface area contributed by atoms with Crippen molar-refractivity contribution < 1.29 is 24.2 Å². The second-order valence-corrected chi connectivity index (χ2v) is 6.39. The van der Waals surface area contributed by atoms with E-state index in [2.05, 4.69) is 10.4 Å². The van der Waals surface area contributed by atoms with E-state index in [9.17, 15) is 9.59 Å². The number of aryl methyl sites for hydroxylation is 1. The SMILES string of the molecule is COc1cc(NC(=O)OC(C)(C)C)ccc1-c1cc(C(=O)O)n(C)n1. The second-order valence-electron chi connectivity index (χ2n) is 6.39. The molecular weight excluding hydrogens is 326 g/mol. The zero-order chi connectivity index (χ0) is 18.8. The van der Waals surface area contributed by atoms with Gasteiger partial charge in [0.25, 0.3) is 0 Å². The van der Waals surface area contributed by atoms with Crippen LogP contribution in [0.5, 0.6) is 5.75 Å². The summed E-state index contributed by atoms with van der Waals surface area (Å²) < 4.78 is 11.8. The summed E-state index contributed by atoms with van der Waals surface area (Å²) in [4.78, 5) is 23.0. The van der Waals surface area contributed by atoms with Gasteiger partial charge in [-0.25, -0.2) is 9.59 Å². The summed E-state index contributed by atoms with van der Waals surface area (Å²) in [6, 6.07) is 6.44. The summed E-state index contributed by atoms with van der Waals surface area (Å²) >= 11 is 0.